The van der Waals surface area contributed by atoms with Crippen molar-refractivity contribution in [1.29, 1.82) is 0 Å². The van der Waals surface area contributed by atoms with E-state index >= 15 is 0 Å². The van der Waals surface area contributed by atoms with Crippen molar-refractivity contribution in [3.63, 3.8) is 0 Å². The number of nitrogens with two attached hydrogens (primary N) is 1. The first-order chi connectivity index (χ1) is 11.3. The number of amides is 2. The smallest absolute Gasteiger partial charge is 0.257 e. The number of hydrogen-bond acceptors (Lipinski definition) is 3. The molecule has 0 aromatic heterocycles. The Morgan fingerprint density at radius 3 is 2.04 bits per heavy atom. The standard InChI is InChI=1S/C17H23Cl2N3O2.ClH/c1-11(2)10-14(20)16(23)21-6-8-22(9-7-21)17(24)15-12(18)4-3-5-13(15)19;/h3-5,11,14H,6-10,20H2,1-2H3;1H/t14-;/m0./s1. The minimum absolute atomic E-state index is 0. The molecule has 0 spiro atoms. The molecule has 2 rings (SSSR count). The largest absolute Gasteiger partial charge is 0.338 e. The maximum absolute atomic E-state index is 12.6. The van der Waals surface area contributed by atoms with Crippen LogP contribution in [0.2, 0.25) is 10.0 Å². The summed E-state index contributed by atoms with van der Waals surface area (Å²) in [5.74, 6) is 0.116. The molecular formula is C17H24Cl3N3O2. The van der Waals surface area contributed by atoms with E-state index in [4.69, 9.17) is 28.9 Å². The van der Waals surface area contributed by atoms with E-state index in [0.717, 1.165) is 0 Å². The van der Waals surface area contributed by atoms with Gasteiger partial charge in [-0.1, -0.05) is 43.1 Å². The highest BCUT2D eigenvalue weighted by Gasteiger charge is 2.29. The normalized spacial score (nSPS) is 15.8. The van der Waals surface area contributed by atoms with Crippen LogP contribution >= 0.6 is 35.6 Å². The summed E-state index contributed by atoms with van der Waals surface area (Å²) < 4.78 is 0. The third-order valence-electron chi connectivity index (χ3n) is 4.10. The average Bonchev–Trinajstić information content (AvgIpc) is 2.53. The van der Waals surface area contributed by atoms with E-state index in [1.54, 1.807) is 28.0 Å². The molecule has 2 N–H and O–H groups in total. The van der Waals surface area contributed by atoms with Gasteiger partial charge < -0.3 is 15.5 Å². The second kappa shape index (κ2) is 9.62. The molecule has 0 aliphatic carbocycles. The zero-order chi connectivity index (χ0) is 17.9. The second-order valence-corrected chi connectivity index (χ2v) is 7.26. The Morgan fingerprint density at radius 2 is 1.56 bits per heavy atom. The average molecular weight is 409 g/mol. The fourth-order valence-electron chi connectivity index (χ4n) is 2.83. The Morgan fingerprint density at radius 1 is 1.08 bits per heavy atom. The van der Waals surface area contributed by atoms with Gasteiger partial charge in [0.2, 0.25) is 5.91 Å². The fraction of sp³-hybridized carbons (Fsp3) is 0.529. The first kappa shape index (κ1) is 22.0. The molecule has 1 aliphatic heterocycles. The maximum atomic E-state index is 12.6. The number of carbonyl (C=O) groups excluding carboxylic acids is 2. The Bertz CT molecular complexity index is 597. The number of nitrogens with zero attached hydrogens (tertiary/aromatic N) is 2. The Balaban J connectivity index is 0.00000312. The van der Waals surface area contributed by atoms with E-state index in [9.17, 15) is 9.59 Å². The summed E-state index contributed by atoms with van der Waals surface area (Å²) in [5.41, 5.74) is 6.28. The summed E-state index contributed by atoms with van der Waals surface area (Å²) in [6.45, 7) is 5.91. The summed E-state index contributed by atoms with van der Waals surface area (Å²) in [6, 6.07) is 4.51. The maximum Gasteiger partial charge on any atom is 0.257 e. The Hall–Kier alpha value is -1.01. The van der Waals surface area contributed by atoms with Gasteiger partial charge in [0, 0.05) is 26.2 Å². The molecule has 140 valence electrons. The van der Waals surface area contributed by atoms with Crippen LogP contribution < -0.4 is 5.73 Å². The van der Waals surface area contributed by atoms with E-state index in [-0.39, 0.29) is 24.2 Å². The quantitative estimate of drug-likeness (QED) is 0.832. The van der Waals surface area contributed by atoms with Crippen molar-refractivity contribution in [1.82, 2.24) is 9.80 Å². The van der Waals surface area contributed by atoms with Crippen molar-refractivity contribution in [3.05, 3.63) is 33.8 Å². The number of carbonyl (C=O) groups is 2. The molecule has 1 saturated heterocycles. The van der Waals surface area contributed by atoms with Crippen molar-refractivity contribution in [2.75, 3.05) is 26.2 Å². The van der Waals surface area contributed by atoms with Crippen molar-refractivity contribution in [3.8, 4) is 0 Å². The van der Waals surface area contributed by atoms with Crippen LogP contribution in [0.15, 0.2) is 18.2 Å². The number of halogens is 3. The van der Waals surface area contributed by atoms with E-state index in [0.29, 0.717) is 54.1 Å². The van der Waals surface area contributed by atoms with E-state index in [2.05, 4.69) is 0 Å². The number of rotatable bonds is 4. The van der Waals surface area contributed by atoms with Gasteiger partial charge in [-0.15, -0.1) is 12.4 Å². The Kier molecular flexibility index (Phi) is 8.48. The van der Waals surface area contributed by atoms with Gasteiger partial charge >= 0.3 is 0 Å². The molecule has 1 aromatic carbocycles. The van der Waals surface area contributed by atoms with Crippen LogP contribution in [0.1, 0.15) is 30.6 Å². The summed E-state index contributed by atoms with van der Waals surface area (Å²) in [6.07, 6.45) is 0.660. The molecule has 0 radical (unpaired) electrons. The van der Waals surface area contributed by atoms with Crippen LogP contribution in [-0.2, 0) is 4.79 Å². The highest BCUT2D eigenvalue weighted by atomic mass is 35.5. The lowest BCUT2D eigenvalue weighted by Crippen LogP contribution is -2.54. The van der Waals surface area contributed by atoms with Crippen molar-refractivity contribution in [2.24, 2.45) is 11.7 Å². The lowest BCUT2D eigenvalue weighted by molar-refractivity contribution is -0.134. The molecule has 1 aliphatic rings. The van der Waals surface area contributed by atoms with E-state index in [1.807, 2.05) is 13.8 Å². The van der Waals surface area contributed by atoms with Crippen LogP contribution in [0, 0.1) is 5.92 Å². The van der Waals surface area contributed by atoms with Crippen LogP contribution in [-0.4, -0.2) is 53.8 Å². The fourth-order valence-corrected chi connectivity index (χ4v) is 3.39. The zero-order valence-electron chi connectivity index (χ0n) is 14.4. The van der Waals surface area contributed by atoms with Crippen molar-refractivity contribution in [2.45, 2.75) is 26.3 Å². The molecule has 8 heteroatoms. The Labute approximate surface area is 164 Å². The van der Waals surface area contributed by atoms with Crippen LogP contribution in [0.3, 0.4) is 0 Å². The molecule has 1 aromatic rings. The van der Waals surface area contributed by atoms with Gasteiger partial charge in [-0.2, -0.15) is 0 Å². The first-order valence-electron chi connectivity index (χ1n) is 8.09. The molecule has 2 amide bonds. The molecule has 1 fully saturated rings. The number of hydrogen-bond donors (Lipinski definition) is 1. The monoisotopic (exact) mass is 407 g/mol. The summed E-state index contributed by atoms with van der Waals surface area (Å²) >= 11 is 12.2. The molecule has 25 heavy (non-hydrogen) atoms. The minimum atomic E-state index is -0.481. The van der Waals surface area contributed by atoms with Gasteiger partial charge in [-0.25, -0.2) is 0 Å². The predicted molar refractivity (Wildman–Crippen MR) is 104 cm³/mol. The van der Waals surface area contributed by atoms with Gasteiger partial charge in [0.05, 0.1) is 21.7 Å². The number of piperazine rings is 1. The third kappa shape index (κ3) is 5.48. The molecule has 0 unspecified atom stereocenters. The van der Waals surface area contributed by atoms with Gasteiger partial charge in [0.25, 0.3) is 5.91 Å². The molecular weight excluding hydrogens is 385 g/mol. The lowest BCUT2D eigenvalue weighted by Gasteiger charge is -2.36. The highest BCUT2D eigenvalue weighted by Crippen LogP contribution is 2.26. The van der Waals surface area contributed by atoms with E-state index in [1.165, 1.54) is 0 Å². The van der Waals surface area contributed by atoms with Crippen LogP contribution in [0.4, 0.5) is 0 Å². The molecule has 1 heterocycles. The summed E-state index contributed by atoms with van der Waals surface area (Å²) in [7, 11) is 0. The molecule has 0 saturated carbocycles. The van der Waals surface area contributed by atoms with Crippen LogP contribution in [0.25, 0.3) is 0 Å². The van der Waals surface area contributed by atoms with Gasteiger partial charge in [0.1, 0.15) is 0 Å². The lowest BCUT2D eigenvalue weighted by atomic mass is 10.0. The molecule has 0 bridgehead atoms. The zero-order valence-corrected chi connectivity index (χ0v) is 16.7. The van der Waals surface area contributed by atoms with E-state index < -0.39 is 6.04 Å². The SMILES string of the molecule is CC(C)C[C@H](N)C(=O)N1CCN(C(=O)c2c(Cl)cccc2Cl)CC1.Cl. The number of benzene rings is 1. The van der Waals surface area contributed by atoms with Crippen molar-refractivity contribution < 1.29 is 9.59 Å². The van der Waals surface area contributed by atoms with Gasteiger partial charge in [0.15, 0.2) is 0 Å². The van der Waals surface area contributed by atoms with Crippen molar-refractivity contribution >= 4 is 47.4 Å². The summed E-state index contributed by atoms with van der Waals surface area (Å²) in [5, 5.41) is 0.676. The second-order valence-electron chi connectivity index (χ2n) is 6.45. The summed E-state index contributed by atoms with van der Waals surface area (Å²) in [4.78, 5) is 28.4. The first-order valence-corrected chi connectivity index (χ1v) is 8.84. The highest BCUT2D eigenvalue weighted by molar-refractivity contribution is 6.39. The third-order valence-corrected chi connectivity index (χ3v) is 4.73. The van der Waals surface area contributed by atoms with Gasteiger partial charge in [-0.05, 0) is 24.5 Å². The molecule has 5 nitrogen and oxygen atoms in total. The predicted octanol–water partition coefficient (Wildman–Crippen LogP) is 3.07. The minimum Gasteiger partial charge on any atom is -0.338 e. The van der Waals surface area contributed by atoms with Gasteiger partial charge in [-0.3, -0.25) is 9.59 Å². The van der Waals surface area contributed by atoms with Crippen LogP contribution in [0.5, 0.6) is 0 Å². The topological polar surface area (TPSA) is 66.6 Å². The molecule has 1 atom stereocenters.